The average Bonchev–Trinajstić information content (AvgIpc) is 2.47. The predicted octanol–water partition coefficient (Wildman–Crippen LogP) is 2.09. The lowest BCUT2D eigenvalue weighted by Gasteiger charge is -2.06. The zero-order valence-electron chi connectivity index (χ0n) is 12.0. The second kappa shape index (κ2) is 7.03. The highest BCUT2D eigenvalue weighted by atomic mass is 32.3. The first-order valence-electron chi connectivity index (χ1n) is 6.22. The molecule has 0 fully saturated rings. The van der Waals surface area contributed by atoms with E-state index in [0.29, 0.717) is 0 Å². The van der Waals surface area contributed by atoms with Gasteiger partial charge in [0.25, 0.3) is 0 Å². The Bertz CT molecular complexity index is 968. The first kappa shape index (κ1) is 18.6. The van der Waals surface area contributed by atoms with Crippen molar-refractivity contribution in [1.29, 1.82) is 0 Å². The Morgan fingerprint density at radius 3 is 1.44 bits per heavy atom. The molecular formula is C13H8F2O8S2. The minimum absolute atomic E-state index is 0.000249. The highest BCUT2D eigenvalue weighted by Crippen LogP contribution is 2.21. The van der Waals surface area contributed by atoms with Crippen LogP contribution in [0.15, 0.2) is 48.5 Å². The van der Waals surface area contributed by atoms with E-state index in [9.17, 15) is 29.4 Å². The van der Waals surface area contributed by atoms with Crippen molar-refractivity contribution >= 4 is 27.0 Å². The molecule has 25 heavy (non-hydrogen) atoms. The number of ether oxygens (including phenoxy) is 1. The maximum atomic E-state index is 12.3. The quantitative estimate of drug-likeness (QED) is 0.416. The molecular weight excluding hydrogens is 386 g/mol. The molecule has 2 aromatic carbocycles. The van der Waals surface area contributed by atoms with Gasteiger partial charge in [-0.25, -0.2) is 4.79 Å². The SMILES string of the molecule is O=C(Oc1ccc(OS(=O)(=O)F)cc1)c1ccc(OS(=O)(=O)F)cc1. The van der Waals surface area contributed by atoms with E-state index >= 15 is 0 Å². The maximum absolute atomic E-state index is 12.3. The van der Waals surface area contributed by atoms with Crippen LogP contribution in [0.2, 0.25) is 0 Å². The van der Waals surface area contributed by atoms with Gasteiger partial charge in [-0.2, -0.15) is 16.8 Å². The second-order valence-corrected chi connectivity index (χ2v) is 6.24. The molecule has 0 amide bonds. The smallest absolute Gasteiger partial charge is 0.423 e. The number of hydrogen-bond donors (Lipinski definition) is 0. The van der Waals surface area contributed by atoms with Gasteiger partial charge in [0.1, 0.15) is 17.2 Å². The molecule has 0 bridgehead atoms. The van der Waals surface area contributed by atoms with E-state index in [1.165, 1.54) is 0 Å². The topological polar surface area (TPSA) is 113 Å². The molecule has 0 aromatic heterocycles. The van der Waals surface area contributed by atoms with Crippen molar-refractivity contribution < 1.29 is 42.5 Å². The zero-order chi connectivity index (χ0) is 18.7. The third-order valence-electron chi connectivity index (χ3n) is 2.52. The Morgan fingerprint density at radius 1 is 0.680 bits per heavy atom. The molecule has 2 aromatic rings. The van der Waals surface area contributed by atoms with E-state index < -0.39 is 27.0 Å². The minimum atomic E-state index is -5.17. The minimum Gasteiger partial charge on any atom is -0.423 e. The lowest BCUT2D eigenvalue weighted by molar-refractivity contribution is 0.0734. The molecule has 2 rings (SSSR count). The Balaban J connectivity index is 2.04. The standard InChI is InChI=1S/C13H8F2O8S2/c14-24(17,18)22-11-3-1-9(2-4-11)13(16)21-10-5-7-12(8-6-10)23-25(15,19)20/h1-8H. The summed E-state index contributed by atoms with van der Waals surface area (Å²) in [5.74, 6) is -1.51. The summed E-state index contributed by atoms with van der Waals surface area (Å²) in [6.45, 7) is 0. The predicted molar refractivity (Wildman–Crippen MR) is 79.2 cm³/mol. The van der Waals surface area contributed by atoms with Crippen LogP contribution >= 0.6 is 0 Å². The maximum Gasteiger partial charge on any atom is 0.488 e. The summed E-state index contributed by atoms with van der Waals surface area (Å²) in [5.41, 5.74) is -0.00438. The third kappa shape index (κ3) is 6.35. The van der Waals surface area contributed by atoms with Crippen LogP contribution in [0, 0.1) is 0 Å². The largest absolute Gasteiger partial charge is 0.488 e. The summed E-state index contributed by atoms with van der Waals surface area (Å²) in [6.07, 6.45) is 0. The summed E-state index contributed by atoms with van der Waals surface area (Å²) in [7, 11) is -10.3. The van der Waals surface area contributed by atoms with Gasteiger partial charge in [0.15, 0.2) is 0 Å². The molecule has 0 N–H and O–H groups in total. The summed E-state index contributed by atoms with van der Waals surface area (Å²) >= 11 is 0. The normalized spacial score (nSPS) is 11.6. The monoisotopic (exact) mass is 394 g/mol. The van der Waals surface area contributed by atoms with Gasteiger partial charge in [0, 0.05) is 0 Å². The van der Waals surface area contributed by atoms with Crippen LogP contribution in [-0.2, 0) is 21.0 Å². The Kier molecular flexibility index (Phi) is 5.23. The van der Waals surface area contributed by atoms with Gasteiger partial charge in [-0.1, -0.05) is 7.77 Å². The van der Waals surface area contributed by atoms with Gasteiger partial charge in [-0.15, -0.1) is 0 Å². The van der Waals surface area contributed by atoms with Crippen molar-refractivity contribution in [2.45, 2.75) is 0 Å². The zero-order valence-corrected chi connectivity index (χ0v) is 13.6. The fraction of sp³-hybridized carbons (Fsp3) is 0. The Labute approximate surface area is 141 Å². The van der Waals surface area contributed by atoms with Crippen LogP contribution in [0.1, 0.15) is 10.4 Å². The van der Waals surface area contributed by atoms with Crippen LogP contribution in [0.4, 0.5) is 7.77 Å². The fourth-order valence-electron chi connectivity index (χ4n) is 1.61. The van der Waals surface area contributed by atoms with E-state index in [0.717, 1.165) is 48.5 Å². The van der Waals surface area contributed by atoms with Crippen molar-refractivity contribution in [3.05, 3.63) is 54.1 Å². The lowest BCUT2D eigenvalue weighted by Crippen LogP contribution is -2.09. The summed E-state index contributed by atoms with van der Waals surface area (Å²) in [5, 5.41) is 0. The number of rotatable bonds is 6. The molecule has 0 aliphatic carbocycles. The molecule has 0 aliphatic heterocycles. The molecule has 0 heterocycles. The van der Waals surface area contributed by atoms with Gasteiger partial charge in [0.2, 0.25) is 0 Å². The highest BCUT2D eigenvalue weighted by molar-refractivity contribution is 7.82. The van der Waals surface area contributed by atoms with Crippen LogP contribution in [0.25, 0.3) is 0 Å². The van der Waals surface area contributed by atoms with Crippen LogP contribution in [-0.4, -0.2) is 22.8 Å². The van der Waals surface area contributed by atoms with E-state index in [1.807, 2.05) is 0 Å². The molecule has 8 nitrogen and oxygen atoms in total. The Hall–Kier alpha value is -2.73. The molecule has 0 radical (unpaired) electrons. The van der Waals surface area contributed by atoms with Gasteiger partial charge >= 0.3 is 27.0 Å². The van der Waals surface area contributed by atoms with Crippen LogP contribution in [0.3, 0.4) is 0 Å². The van der Waals surface area contributed by atoms with Crippen molar-refractivity contribution in [3.8, 4) is 17.2 Å². The van der Waals surface area contributed by atoms with Crippen molar-refractivity contribution in [1.82, 2.24) is 0 Å². The number of benzene rings is 2. The molecule has 0 unspecified atom stereocenters. The van der Waals surface area contributed by atoms with Crippen molar-refractivity contribution in [3.63, 3.8) is 0 Å². The van der Waals surface area contributed by atoms with E-state index in [-0.39, 0.29) is 22.8 Å². The average molecular weight is 394 g/mol. The van der Waals surface area contributed by atoms with Gasteiger partial charge in [0.05, 0.1) is 5.56 Å². The van der Waals surface area contributed by atoms with E-state index in [4.69, 9.17) is 4.74 Å². The van der Waals surface area contributed by atoms with E-state index in [1.54, 1.807) is 0 Å². The second-order valence-electron chi connectivity index (χ2n) is 4.34. The summed E-state index contributed by atoms with van der Waals surface area (Å²) < 4.78 is 78.9. The number of halogens is 2. The molecule has 0 atom stereocenters. The molecule has 0 spiro atoms. The van der Waals surface area contributed by atoms with Gasteiger partial charge in [-0.05, 0) is 48.5 Å². The van der Waals surface area contributed by atoms with Gasteiger partial charge < -0.3 is 13.1 Å². The van der Waals surface area contributed by atoms with Crippen LogP contribution in [0.5, 0.6) is 17.2 Å². The van der Waals surface area contributed by atoms with Gasteiger partial charge in [-0.3, -0.25) is 0 Å². The number of esters is 1. The summed E-state index contributed by atoms with van der Waals surface area (Å²) in [4.78, 5) is 11.9. The first-order valence-corrected chi connectivity index (χ1v) is 8.84. The van der Waals surface area contributed by atoms with Crippen LogP contribution < -0.4 is 13.1 Å². The first-order chi connectivity index (χ1) is 11.5. The van der Waals surface area contributed by atoms with Crippen molar-refractivity contribution in [2.24, 2.45) is 0 Å². The molecule has 0 saturated heterocycles. The molecule has 0 saturated carbocycles. The number of carbonyl (C=O) groups is 1. The molecule has 12 heteroatoms. The Morgan fingerprint density at radius 2 is 1.04 bits per heavy atom. The number of carbonyl (C=O) groups excluding carboxylic acids is 1. The lowest BCUT2D eigenvalue weighted by atomic mass is 10.2. The molecule has 134 valence electrons. The third-order valence-corrected chi connectivity index (χ3v) is 3.30. The molecule has 0 aliphatic rings. The fourth-order valence-corrected chi connectivity index (χ4v) is 2.29. The summed E-state index contributed by atoms with van der Waals surface area (Å²) in [6, 6.07) is 8.78. The van der Waals surface area contributed by atoms with Crippen molar-refractivity contribution in [2.75, 3.05) is 0 Å². The highest BCUT2D eigenvalue weighted by Gasteiger charge is 2.13. The van der Waals surface area contributed by atoms with E-state index in [2.05, 4.69) is 8.37 Å². The number of hydrogen-bond acceptors (Lipinski definition) is 8.